The van der Waals surface area contributed by atoms with E-state index in [1.165, 1.54) is 25.3 Å². The highest BCUT2D eigenvalue weighted by molar-refractivity contribution is 9.10. The lowest BCUT2D eigenvalue weighted by atomic mass is 10.1. The van der Waals surface area contributed by atoms with Gasteiger partial charge in [0.15, 0.2) is 11.5 Å². The number of carbonyl (C=O) groups is 3. The molecular weight excluding hydrogens is 587 g/mol. The zero-order valence-electron chi connectivity index (χ0n) is 19.3. The Hall–Kier alpha value is -3.34. The number of nitrogens with zero attached hydrogens (tertiary/aromatic N) is 1. The summed E-state index contributed by atoms with van der Waals surface area (Å²) in [7, 11) is 1.48. The van der Waals surface area contributed by atoms with Gasteiger partial charge in [-0.3, -0.25) is 19.3 Å². The maximum absolute atomic E-state index is 13.1. The van der Waals surface area contributed by atoms with E-state index >= 15 is 0 Å². The molecule has 0 radical (unpaired) electrons. The number of methoxy groups -OCH3 is 1. The lowest BCUT2D eigenvalue weighted by molar-refractivity contribution is -0.127. The van der Waals surface area contributed by atoms with Crippen LogP contribution < -0.4 is 14.8 Å². The second-order valence-corrected chi connectivity index (χ2v) is 9.99. The summed E-state index contributed by atoms with van der Waals surface area (Å²) in [6, 6.07) is 15.9. The van der Waals surface area contributed by atoms with Gasteiger partial charge in [0, 0.05) is 4.47 Å². The molecule has 1 fully saturated rings. The molecule has 0 unspecified atom stereocenters. The van der Waals surface area contributed by atoms with Crippen molar-refractivity contribution in [3.8, 4) is 11.5 Å². The van der Waals surface area contributed by atoms with Gasteiger partial charge >= 0.3 is 0 Å². The van der Waals surface area contributed by atoms with Gasteiger partial charge in [0.25, 0.3) is 11.1 Å². The monoisotopic (exact) mass is 604 g/mol. The number of para-hydroxylation sites is 1. The average Bonchev–Trinajstić information content (AvgIpc) is 3.13. The number of ether oxygens (including phenoxy) is 2. The van der Waals surface area contributed by atoms with Crippen molar-refractivity contribution in [3.05, 3.63) is 92.0 Å². The number of hydrogen-bond acceptors (Lipinski definition) is 6. The third-order valence-corrected chi connectivity index (χ3v) is 7.12. The Morgan fingerprint density at radius 2 is 1.86 bits per heavy atom. The highest BCUT2D eigenvalue weighted by Gasteiger charge is 2.36. The summed E-state index contributed by atoms with van der Waals surface area (Å²) in [4.78, 5) is 38.8. The minimum Gasteiger partial charge on any atom is -0.493 e. The smallest absolute Gasteiger partial charge is 0.294 e. The fourth-order valence-corrected chi connectivity index (χ4v) is 4.80. The van der Waals surface area contributed by atoms with Crippen LogP contribution in [0.25, 0.3) is 6.08 Å². The largest absolute Gasteiger partial charge is 0.493 e. The molecule has 4 rings (SSSR count). The molecule has 0 atom stereocenters. The van der Waals surface area contributed by atoms with E-state index < -0.39 is 23.6 Å². The number of imide groups is 1. The van der Waals surface area contributed by atoms with Crippen LogP contribution in [0.2, 0.25) is 5.02 Å². The van der Waals surface area contributed by atoms with Gasteiger partial charge in [-0.2, -0.15) is 0 Å². The van der Waals surface area contributed by atoms with Crippen LogP contribution in [-0.2, 0) is 16.2 Å². The first-order valence-corrected chi connectivity index (χ1v) is 12.8. The number of halogens is 3. The van der Waals surface area contributed by atoms with Crippen molar-refractivity contribution >= 4 is 68.1 Å². The minimum atomic E-state index is -0.591. The second-order valence-electron chi connectivity index (χ2n) is 7.74. The molecule has 7 nitrogen and oxygen atoms in total. The molecule has 37 heavy (non-hydrogen) atoms. The minimum absolute atomic E-state index is 0.151. The number of benzene rings is 3. The second kappa shape index (κ2) is 11.8. The van der Waals surface area contributed by atoms with Crippen molar-refractivity contribution < 1.29 is 28.2 Å². The van der Waals surface area contributed by atoms with Gasteiger partial charge in [0.2, 0.25) is 5.91 Å². The molecule has 1 heterocycles. The summed E-state index contributed by atoms with van der Waals surface area (Å²) in [6.07, 6.45) is 1.53. The standard InChI is InChI=1S/C26H19BrClFN2O5S/c1-35-21-10-16(18(27)12-22(21)36-14-15-6-8-17(29)9-7-15)11-23-25(33)31(26(34)37-23)13-24(32)30-20-5-3-2-4-19(20)28/h2-12H,13-14H2,1H3,(H,30,32)/b23-11+. The van der Waals surface area contributed by atoms with Crippen LogP contribution in [0, 0.1) is 5.82 Å². The topological polar surface area (TPSA) is 84.9 Å². The van der Waals surface area contributed by atoms with Crippen LogP contribution in [0.5, 0.6) is 11.5 Å². The quantitative estimate of drug-likeness (QED) is 0.295. The van der Waals surface area contributed by atoms with Crippen molar-refractivity contribution in [1.29, 1.82) is 0 Å². The van der Waals surface area contributed by atoms with Crippen LogP contribution in [0.3, 0.4) is 0 Å². The summed E-state index contributed by atoms with van der Waals surface area (Å²) >= 11 is 10.2. The van der Waals surface area contributed by atoms with E-state index in [-0.39, 0.29) is 17.3 Å². The molecular formula is C26H19BrClFN2O5S. The predicted octanol–water partition coefficient (Wildman–Crippen LogP) is 6.50. The molecule has 0 saturated carbocycles. The molecule has 0 aliphatic carbocycles. The van der Waals surface area contributed by atoms with Crippen LogP contribution in [-0.4, -0.2) is 35.6 Å². The molecule has 1 aliphatic rings. The molecule has 1 saturated heterocycles. The summed E-state index contributed by atoms with van der Waals surface area (Å²) in [6.45, 7) is -0.258. The number of rotatable bonds is 8. The number of hydrogen-bond donors (Lipinski definition) is 1. The van der Waals surface area contributed by atoms with Crippen molar-refractivity contribution in [2.75, 3.05) is 19.0 Å². The van der Waals surface area contributed by atoms with Crippen LogP contribution >= 0.6 is 39.3 Å². The molecule has 190 valence electrons. The number of thioether (sulfide) groups is 1. The molecule has 3 aromatic rings. The van der Waals surface area contributed by atoms with Gasteiger partial charge in [-0.25, -0.2) is 4.39 Å². The molecule has 11 heteroatoms. The lowest BCUT2D eigenvalue weighted by Crippen LogP contribution is -2.36. The third-order valence-electron chi connectivity index (χ3n) is 5.20. The molecule has 0 bridgehead atoms. The molecule has 1 aliphatic heterocycles. The Balaban J connectivity index is 1.47. The van der Waals surface area contributed by atoms with Gasteiger partial charge in [-0.15, -0.1) is 0 Å². The fraction of sp³-hybridized carbons (Fsp3) is 0.115. The van der Waals surface area contributed by atoms with E-state index in [0.717, 1.165) is 22.2 Å². The Bertz CT molecular complexity index is 1400. The number of amides is 3. The normalized spacial score (nSPS) is 14.3. The predicted molar refractivity (Wildman–Crippen MR) is 144 cm³/mol. The van der Waals surface area contributed by atoms with Gasteiger partial charge in [-0.1, -0.05) is 51.8 Å². The summed E-state index contributed by atoms with van der Waals surface area (Å²) < 4.78 is 25.0. The summed E-state index contributed by atoms with van der Waals surface area (Å²) in [5.74, 6) is -0.650. The van der Waals surface area contributed by atoms with Crippen LogP contribution in [0.15, 0.2) is 70.0 Å². The Morgan fingerprint density at radius 3 is 2.57 bits per heavy atom. The first-order valence-electron chi connectivity index (χ1n) is 10.8. The number of anilines is 1. The highest BCUT2D eigenvalue weighted by atomic mass is 79.9. The Kier molecular flexibility index (Phi) is 8.52. The molecule has 0 spiro atoms. The third kappa shape index (κ3) is 6.51. The molecule has 3 amide bonds. The van der Waals surface area contributed by atoms with Crippen molar-refractivity contribution in [2.24, 2.45) is 0 Å². The van der Waals surface area contributed by atoms with Crippen molar-refractivity contribution in [1.82, 2.24) is 4.90 Å². The number of nitrogens with one attached hydrogen (secondary N) is 1. The van der Waals surface area contributed by atoms with Crippen molar-refractivity contribution in [3.63, 3.8) is 0 Å². The van der Waals surface area contributed by atoms with Gasteiger partial charge in [0.05, 0.1) is 22.7 Å². The van der Waals surface area contributed by atoms with Gasteiger partial charge < -0.3 is 14.8 Å². The van der Waals surface area contributed by atoms with Crippen molar-refractivity contribution in [2.45, 2.75) is 6.61 Å². The van der Waals surface area contributed by atoms with E-state index in [2.05, 4.69) is 21.2 Å². The maximum Gasteiger partial charge on any atom is 0.294 e. The van der Waals surface area contributed by atoms with E-state index in [4.69, 9.17) is 21.1 Å². The SMILES string of the molecule is COc1cc(/C=C2/SC(=O)N(CC(=O)Nc3ccccc3Cl)C2=O)c(Br)cc1OCc1ccc(F)cc1. The number of carbonyl (C=O) groups excluding carboxylic acids is 3. The van der Waals surface area contributed by atoms with Crippen LogP contribution in [0.1, 0.15) is 11.1 Å². The molecule has 3 aromatic carbocycles. The Morgan fingerprint density at radius 1 is 1.14 bits per heavy atom. The van der Waals surface area contributed by atoms with E-state index in [1.54, 1.807) is 48.5 Å². The van der Waals surface area contributed by atoms with E-state index in [0.29, 0.717) is 32.2 Å². The first-order chi connectivity index (χ1) is 17.7. The van der Waals surface area contributed by atoms with E-state index in [9.17, 15) is 18.8 Å². The molecule has 1 N–H and O–H groups in total. The fourth-order valence-electron chi connectivity index (χ4n) is 3.35. The first kappa shape index (κ1) is 26.7. The van der Waals surface area contributed by atoms with Gasteiger partial charge in [-0.05, 0) is 65.4 Å². The summed E-state index contributed by atoms with van der Waals surface area (Å²) in [5.41, 5.74) is 1.72. The highest BCUT2D eigenvalue weighted by Crippen LogP contribution is 2.38. The zero-order chi connectivity index (χ0) is 26.5. The zero-order valence-corrected chi connectivity index (χ0v) is 22.5. The average molecular weight is 606 g/mol. The lowest BCUT2D eigenvalue weighted by Gasteiger charge is -2.14. The van der Waals surface area contributed by atoms with Crippen LogP contribution in [0.4, 0.5) is 14.9 Å². The Labute approximate surface area is 229 Å². The van der Waals surface area contributed by atoms with E-state index in [1.807, 2.05) is 0 Å². The maximum atomic E-state index is 13.1. The summed E-state index contributed by atoms with van der Waals surface area (Å²) in [5, 5.41) is 2.38. The van der Waals surface area contributed by atoms with Gasteiger partial charge in [0.1, 0.15) is 19.0 Å². The molecule has 0 aromatic heterocycles.